The van der Waals surface area contributed by atoms with E-state index in [1.807, 2.05) is 6.07 Å². The van der Waals surface area contributed by atoms with E-state index in [1.54, 1.807) is 31.5 Å². The maximum atomic E-state index is 10.4. The molecule has 0 fully saturated rings. The lowest BCUT2D eigenvalue weighted by molar-refractivity contribution is 0.110. The summed E-state index contributed by atoms with van der Waals surface area (Å²) in [7, 11) is 1.55. The highest BCUT2D eigenvalue weighted by atomic mass is 16.5. The predicted molar refractivity (Wildman–Crippen MR) is 53.9 cm³/mol. The summed E-state index contributed by atoms with van der Waals surface area (Å²) < 4.78 is 10.2. The van der Waals surface area contributed by atoms with Crippen molar-refractivity contribution in [3.63, 3.8) is 0 Å². The fourth-order valence-corrected chi connectivity index (χ4v) is 1.22. The van der Waals surface area contributed by atoms with Crippen LogP contribution in [0.25, 0.3) is 11.3 Å². The van der Waals surface area contributed by atoms with E-state index in [0.29, 0.717) is 23.7 Å². The first-order chi connectivity index (χ1) is 7.33. The second-order valence-corrected chi connectivity index (χ2v) is 2.91. The number of carbonyl (C=O) groups is 1. The summed E-state index contributed by atoms with van der Waals surface area (Å²) in [5, 5.41) is 0. The van der Waals surface area contributed by atoms with E-state index in [0.717, 1.165) is 5.56 Å². The summed E-state index contributed by atoms with van der Waals surface area (Å²) in [5.74, 6) is 1.47. The minimum absolute atomic E-state index is 0.306. The number of aromatic nitrogens is 1. The molecular weight excluding hydrogens is 194 g/mol. The summed E-state index contributed by atoms with van der Waals surface area (Å²) >= 11 is 0. The van der Waals surface area contributed by atoms with Gasteiger partial charge >= 0.3 is 0 Å². The highest BCUT2D eigenvalue weighted by molar-refractivity contribution is 5.72. The zero-order chi connectivity index (χ0) is 10.7. The molecule has 2 aromatic heterocycles. The Morgan fingerprint density at radius 3 is 2.73 bits per heavy atom. The van der Waals surface area contributed by atoms with Gasteiger partial charge in [0.2, 0.25) is 5.88 Å². The number of methoxy groups -OCH3 is 1. The predicted octanol–water partition coefficient (Wildman–Crippen LogP) is 2.16. The first kappa shape index (κ1) is 9.45. The fraction of sp³-hybridized carbons (Fsp3) is 0.0909. The van der Waals surface area contributed by atoms with E-state index in [9.17, 15) is 4.79 Å². The minimum Gasteiger partial charge on any atom is -0.481 e. The van der Waals surface area contributed by atoms with Crippen LogP contribution in [-0.2, 0) is 0 Å². The van der Waals surface area contributed by atoms with Crippen LogP contribution in [0.1, 0.15) is 10.6 Å². The van der Waals surface area contributed by atoms with Gasteiger partial charge in [0.1, 0.15) is 5.76 Å². The molecule has 0 bridgehead atoms. The minimum atomic E-state index is 0.306. The number of aldehydes is 1. The van der Waals surface area contributed by atoms with Crippen molar-refractivity contribution in [1.82, 2.24) is 4.98 Å². The number of hydrogen-bond donors (Lipinski definition) is 0. The van der Waals surface area contributed by atoms with Crippen molar-refractivity contribution in [3.8, 4) is 17.2 Å². The lowest BCUT2D eigenvalue weighted by Crippen LogP contribution is -1.86. The van der Waals surface area contributed by atoms with E-state index in [2.05, 4.69) is 4.98 Å². The number of nitrogens with zero attached hydrogens (tertiary/aromatic N) is 1. The van der Waals surface area contributed by atoms with E-state index in [1.165, 1.54) is 0 Å². The Morgan fingerprint density at radius 2 is 2.20 bits per heavy atom. The Labute approximate surface area is 86.5 Å². The Bertz CT molecular complexity index is 459. The molecule has 2 rings (SSSR count). The van der Waals surface area contributed by atoms with Crippen molar-refractivity contribution in [1.29, 1.82) is 0 Å². The van der Waals surface area contributed by atoms with Crippen molar-refractivity contribution >= 4 is 6.29 Å². The summed E-state index contributed by atoms with van der Waals surface area (Å²) in [5.41, 5.74) is 0.809. The second-order valence-electron chi connectivity index (χ2n) is 2.91. The number of pyridine rings is 1. The molecule has 0 aliphatic rings. The average molecular weight is 203 g/mol. The molecule has 2 aromatic rings. The number of furan rings is 1. The van der Waals surface area contributed by atoms with Gasteiger partial charge in [0.05, 0.1) is 7.11 Å². The lowest BCUT2D eigenvalue weighted by Gasteiger charge is -1.99. The molecule has 0 aliphatic carbocycles. The molecule has 76 valence electrons. The van der Waals surface area contributed by atoms with Crippen LogP contribution in [0.15, 0.2) is 34.9 Å². The van der Waals surface area contributed by atoms with E-state index >= 15 is 0 Å². The van der Waals surface area contributed by atoms with E-state index in [4.69, 9.17) is 9.15 Å². The van der Waals surface area contributed by atoms with Gasteiger partial charge in [-0.25, -0.2) is 4.98 Å². The van der Waals surface area contributed by atoms with Gasteiger partial charge in [0.15, 0.2) is 12.0 Å². The summed E-state index contributed by atoms with van der Waals surface area (Å²) in [6.45, 7) is 0. The van der Waals surface area contributed by atoms with Crippen molar-refractivity contribution < 1.29 is 13.9 Å². The molecule has 0 aromatic carbocycles. The van der Waals surface area contributed by atoms with E-state index in [-0.39, 0.29) is 0 Å². The largest absolute Gasteiger partial charge is 0.481 e. The lowest BCUT2D eigenvalue weighted by atomic mass is 10.2. The standard InChI is InChI=1S/C11H9NO3/c1-14-11-5-2-8(6-12-11)10-4-3-9(7-13)15-10/h2-7H,1H3. The van der Waals surface area contributed by atoms with Crippen LogP contribution in [0.3, 0.4) is 0 Å². The average Bonchev–Trinajstić information content (AvgIpc) is 2.78. The molecule has 0 N–H and O–H groups in total. The number of ether oxygens (including phenoxy) is 1. The number of hydrogen-bond acceptors (Lipinski definition) is 4. The van der Waals surface area contributed by atoms with E-state index < -0.39 is 0 Å². The van der Waals surface area contributed by atoms with Gasteiger partial charge in [0, 0.05) is 17.8 Å². The second kappa shape index (κ2) is 3.96. The molecule has 0 radical (unpaired) electrons. The van der Waals surface area contributed by atoms with Crippen molar-refractivity contribution in [3.05, 3.63) is 36.2 Å². The van der Waals surface area contributed by atoms with Gasteiger partial charge in [-0.1, -0.05) is 0 Å². The third-order valence-electron chi connectivity index (χ3n) is 1.97. The molecule has 2 heterocycles. The molecule has 0 aliphatic heterocycles. The summed E-state index contributed by atoms with van der Waals surface area (Å²) in [4.78, 5) is 14.5. The normalized spacial score (nSPS) is 9.93. The quantitative estimate of drug-likeness (QED) is 0.717. The van der Waals surface area contributed by atoms with Gasteiger partial charge in [-0.05, 0) is 18.2 Å². The highest BCUT2D eigenvalue weighted by Gasteiger charge is 2.04. The first-order valence-electron chi connectivity index (χ1n) is 4.39. The Balaban J connectivity index is 2.32. The van der Waals surface area contributed by atoms with Crippen molar-refractivity contribution in [2.75, 3.05) is 7.11 Å². The van der Waals surface area contributed by atoms with Gasteiger partial charge in [-0.2, -0.15) is 0 Å². The number of rotatable bonds is 3. The Morgan fingerprint density at radius 1 is 1.33 bits per heavy atom. The van der Waals surface area contributed by atoms with Gasteiger partial charge < -0.3 is 9.15 Å². The molecule has 0 spiro atoms. The van der Waals surface area contributed by atoms with Gasteiger partial charge in [0.25, 0.3) is 0 Å². The molecule has 0 saturated carbocycles. The molecule has 0 amide bonds. The highest BCUT2D eigenvalue weighted by Crippen LogP contribution is 2.21. The molecule has 0 saturated heterocycles. The topological polar surface area (TPSA) is 52.3 Å². The smallest absolute Gasteiger partial charge is 0.212 e. The zero-order valence-electron chi connectivity index (χ0n) is 8.14. The molecule has 4 heteroatoms. The zero-order valence-corrected chi connectivity index (χ0v) is 8.14. The fourth-order valence-electron chi connectivity index (χ4n) is 1.22. The Kier molecular flexibility index (Phi) is 2.49. The molecule has 0 atom stereocenters. The monoisotopic (exact) mass is 203 g/mol. The Hall–Kier alpha value is -2.10. The van der Waals surface area contributed by atoms with Gasteiger partial charge in [-0.3, -0.25) is 4.79 Å². The molecule has 4 nitrogen and oxygen atoms in total. The molecular formula is C11H9NO3. The van der Waals surface area contributed by atoms with Crippen LogP contribution >= 0.6 is 0 Å². The van der Waals surface area contributed by atoms with Crippen LogP contribution in [-0.4, -0.2) is 18.4 Å². The van der Waals surface area contributed by atoms with Crippen LogP contribution in [0.2, 0.25) is 0 Å². The van der Waals surface area contributed by atoms with Gasteiger partial charge in [-0.15, -0.1) is 0 Å². The first-order valence-corrected chi connectivity index (χ1v) is 4.39. The third kappa shape index (κ3) is 1.88. The molecule has 15 heavy (non-hydrogen) atoms. The SMILES string of the molecule is COc1ccc(-c2ccc(C=O)o2)cn1. The maximum Gasteiger partial charge on any atom is 0.212 e. The van der Waals surface area contributed by atoms with Crippen molar-refractivity contribution in [2.24, 2.45) is 0 Å². The number of carbonyl (C=O) groups excluding carboxylic acids is 1. The van der Waals surface area contributed by atoms with Crippen LogP contribution < -0.4 is 4.74 Å². The van der Waals surface area contributed by atoms with Crippen LogP contribution in [0.4, 0.5) is 0 Å². The maximum absolute atomic E-state index is 10.4. The third-order valence-corrected chi connectivity index (χ3v) is 1.97. The summed E-state index contributed by atoms with van der Waals surface area (Å²) in [6.07, 6.45) is 2.30. The summed E-state index contributed by atoms with van der Waals surface area (Å²) in [6, 6.07) is 6.90. The van der Waals surface area contributed by atoms with Crippen LogP contribution in [0.5, 0.6) is 5.88 Å². The molecule has 0 unspecified atom stereocenters. The van der Waals surface area contributed by atoms with Crippen LogP contribution in [0, 0.1) is 0 Å². The van der Waals surface area contributed by atoms with Crippen molar-refractivity contribution in [2.45, 2.75) is 0 Å².